The summed E-state index contributed by atoms with van der Waals surface area (Å²) in [7, 11) is 1.57. The lowest BCUT2D eigenvalue weighted by Crippen LogP contribution is -2.24. The summed E-state index contributed by atoms with van der Waals surface area (Å²) in [5.41, 5.74) is 0.395. The van der Waals surface area contributed by atoms with Crippen molar-refractivity contribution in [3.05, 3.63) is 60.0 Å². The van der Waals surface area contributed by atoms with E-state index in [-0.39, 0.29) is 30.0 Å². The van der Waals surface area contributed by atoms with Crippen LogP contribution in [0, 0.1) is 0 Å². The largest absolute Gasteiger partial charge is 0.497 e. The Balaban J connectivity index is 1.50. The Morgan fingerprint density at radius 2 is 1.79 bits per heavy atom. The number of ether oxygens (including phenoxy) is 1. The molecule has 1 fully saturated rings. The van der Waals surface area contributed by atoms with E-state index < -0.39 is 11.7 Å². The number of alkyl halides is 3. The Kier molecular flexibility index (Phi) is 4.73. The monoisotopic (exact) mass is 403 g/mol. The maximum Gasteiger partial charge on any atom is 0.416 e. The fourth-order valence-electron chi connectivity index (χ4n) is 3.21. The van der Waals surface area contributed by atoms with Gasteiger partial charge in [0.05, 0.1) is 18.6 Å². The summed E-state index contributed by atoms with van der Waals surface area (Å²) in [4.78, 5) is 18.3. The van der Waals surface area contributed by atoms with Crippen LogP contribution in [-0.4, -0.2) is 29.7 Å². The van der Waals surface area contributed by atoms with Gasteiger partial charge in [0.15, 0.2) is 0 Å². The highest BCUT2D eigenvalue weighted by molar-refractivity contribution is 5.96. The lowest BCUT2D eigenvalue weighted by molar-refractivity contribution is -0.137. The summed E-state index contributed by atoms with van der Waals surface area (Å²) in [5, 5.41) is 3.85. The van der Waals surface area contributed by atoms with E-state index in [0.717, 1.165) is 17.8 Å². The third-order valence-electron chi connectivity index (χ3n) is 4.77. The number of carbonyl (C=O) groups excluding carboxylic acids is 1. The van der Waals surface area contributed by atoms with Crippen molar-refractivity contribution < 1.29 is 27.2 Å². The van der Waals surface area contributed by atoms with E-state index in [4.69, 9.17) is 9.26 Å². The van der Waals surface area contributed by atoms with Gasteiger partial charge in [-0.05, 0) is 36.4 Å². The third kappa shape index (κ3) is 3.80. The molecule has 1 saturated heterocycles. The van der Waals surface area contributed by atoms with E-state index >= 15 is 0 Å². The number of hydrogen-bond acceptors (Lipinski definition) is 5. The van der Waals surface area contributed by atoms with E-state index in [9.17, 15) is 18.0 Å². The van der Waals surface area contributed by atoms with Gasteiger partial charge in [0.25, 0.3) is 0 Å². The van der Waals surface area contributed by atoms with Crippen LogP contribution in [0.3, 0.4) is 0 Å². The predicted octanol–water partition coefficient (Wildman–Crippen LogP) is 4.28. The summed E-state index contributed by atoms with van der Waals surface area (Å²) in [6.45, 7) is 0.375. The van der Waals surface area contributed by atoms with Crippen molar-refractivity contribution in [3.8, 4) is 17.1 Å². The van der Waals surface area contributed by atoms with Crippen molar-refractivity contribution in [1.82, 2.24) is 10.1 Å². The maximum atomic E-state index is 12.7. The van der Waals surface area contributed by atoms with Gasteiger partial charge in [-0.3, -0.25) is 4.79 Å². The minimum Gasteiger partial charge on any atom is -0.497 e. The minimum atomic E-state index is -4.41. The number of hydrogen-bond donors (Lipinski definition) is 0. The molecule has 29 heavy (non-hydrogen) atoms. The normalized spacial score (nSPS) is 17.0. The van der Waals surface area contributed by atoms with Crippen molar-refractivity contribution in [2.45, 2.75) is 18.5 Å². The van der Waals surface area contributed by atoms with Crippen LogP contribution in [0.2, 0.25) is 0 Å². The summed E-state index contributed by atoms with van der Waals surface area (Å²) in [5.74, 6) is 0.790. The Morgan fingerprint density at radius 1 is 1.10 bits per heavy atom. The van der Waals surface area contributed by atoms with Gasteiger partial charge < -0.3 is 14.2 Å². The van der Waals surface area contributed by atoms with Gasteiger partial charge in [-0.2, -0.15) is 18.2 Å². The second-order valence-electron chi connectivity index (χ2n) is 6.63. The van der Waals surface area contributed by atoms with Crippen LogP contribution in [0.5, 0.6) is 5.75 Å². The molecule has 1 aromatic heterocycles. The summed E-state index contributed by atoms with van der Waals surface area (Å²) in [6.07, 6.45) is -4.20. The molecule has 3 aromatic rings. The Hall–Kier alpha value is -3.36. The summed E-state index contributed by atoms with van der Waals surface area (Å²) in [6, 6.07) is 11.6. The molecule has 0 unspecified atom stereocenters. The van der Waals surface area contributed by atoms with E-state index in [1.54, 1.807) is 36.3 Å². The van der Waals surface area contributed by atoms with Gasteiger partial charge >= 0.3 is 6.18 Å². The zero-order valence-electron chi connectivity index (χ0n) is 15.3. The molecule has 150 valence electrons. The van der Waals surface area contributed by atoms with Gasteiger partial charge in [-0.15, -0.1) is 0 Å². The summed E-state index contributed by atoms with van der Waals surface area (Å²) < 4.78 is 48.5. The van der Waals surface area contributed by atoms with E-state index in [1.807, 2.05) is 0 Å². The molecule has 0 spiro atoms. The van der Waals surface area contributed by atoms with Crippen molar-refractivity contribution in [2.75, 3.05) is 18.6 Å². The average Bonchev–Trinajstić information content (AvgIpc) is 3.34. The zero-order valence-corrected chi connectivity index (χ0v) is 15.3. The van der Waals surface area contributed by atoms with Crippen LogP contribution >= 0.6 is 0 Å². The van der Waals surface area contributed by atoms with E-state index in [1.165, 1.54) is 12.1 Å². The molecular weight excluding hydrogens is 387 g/mol. The fourth-order valence-corrected chi connectivity index (χ4v) is 3.21. The molecule has 6 nitrogen and oxygen atoms in total. The van der Waals surface area contributed by atoms with Crippen molar-refractivity contribution >= 4 is 11.6 Å². The molecule has 9 heteroatoms. The number of rotatable bonds is 4. The summed E-state index contributed by atoms with van der Waals surface area (Å²) >= 11 is 0. The molecule has 1 aliphatic heterocycles. The number of anilines is 1. The van der Waals surface area contributed by atoms with Gasteiger partial charge in [-0.25, -0.2) is 0 Å². The first-order valence-corrected chi connectivity index (χ1v) is 8.81. The lowest BCUT2D eigenvalue weighted by atomic mass is 10.1. The van der Waals surface area contributed by atoms with Crippen LogP contribution in [0.4, 0.5) is 18.9 Å². The first kappa shape index (κ1) is 19.0. The molecule has 1 amide bonds. The molecule has 0 aliphatic carbocycles. The number of methoxy groups -OCH3 is 1. The van der Waals surface area contributed by atoms with Gasteiger partial charge in [0.1, 0.15) is 5.75 Å². The number of halogens is 3. The van der Waals surface area contributed by atoms with Gasteiger partial charge in [0.2, 0.25) is 17.6 Å². The smallest absolute Gasteiger partial charge is 0.416 e. The van der Waals surface area contributed by atoms with Crippen molar-refractivity contribution in [3.63, 3.8) is 0 Å². The van der Waals surface area contributed by atoms with Crippen molar-refractivity contribution in [1.29, 1.82) is 0 Å². The highest BCUT2D eigenvalue weighted by Gasteiger charge is 2.35. The number of aromatic nitrogens is 2. The number of carbonyl (C=O) groups is 1. The third-order valence-corrected chi connectivity index (χ3v) is 4.77. The van der Waals surface area contributed by atoms with Crippen molar-refractivity contribution in [2.24, 2.45) is 0 Å². The fraction of sp³-hybridized carbons (Fsp3) is 0.250. The molecule has 2 aromatic carbocycles. The van der Waals surface area contributed by atoms with Gasteiger partial charge in [0, 0.05) is 24.2 Å². The molecule has 1 aliphatic rings. The highest BCUT2D eigenvalue weighted by Crippen LogP contribution is 2.33. The molecule has 0 saturated carbocycles. The first-order chi connectivity index (χ1) is 13.8. The van der Waals surface area contributed by atoms with Crippen LogP contribution in [0.1, 0.15) is 23.8 Å². The van der Waals surface area contributed by atoms with Crippen LogP contribution in [0.15, 0.2) is 53.1 Å². The van der Waals surface area contributed by atoms with Crippen LogP contribution in [0.25, 0.3) is 11.4 Å². The Morgan fingerprint density at radius 3 is 2.41 bits per heavy atom. The first-order valence-electron chi connectivity index (χ1n) is 8.81. The standard InChI is InChI=1S/C20H16F3N3O3/c1-28-16-8-6-15(7-9-16)26-11-13(10-17(26)27)19-24-18(25-29-19)12-2-4-14(5-3-12)20(21,22)23/h2-9,13H,10-11H2,1H3/t13-/m0/s1. The molecule has 0 bridgehead atoms. The predicted molar refractivity (Wildman–Crippen MR) is 97.4 cm³/mol. The van der Waals surface area contributed by atoms with Crippen LogP contribution in [-0.2, 0) is 11.0 Å². The maximum absolute atomic E-state index is 12.7. The molecule has 2 heterocycles. The van der Waals surface area contributed by atoms with Gasteiger partial charge in [-0.1, -0.05) is 17.3 Å². The van der Waals surface area contributed by atoms with E-state index in [0.29, 0.717) is 17.9 Å². The lowest BCUT2D eigenvalue weighted by Gasteiger charge is -2.16. The minimum absolute atomic E-state index is 0.0746. The zero-order chi connectivity index (χ0) is 20.6. The molecular formula is C20H16F3N3O3. The van der Waals surface area contributed by atoms with Crippen LogP contribution < -0.4 is 9.64 Å². The Labute approximate surface area is 163 Å². The topological polar surface area (TPSA) is 68.5 Å². The quantitative estimate of drug-likeness (QED) is 0.650. The molecule has 1 atom stereocenters. The number of benzene rings is 2. The molecule has 0 radical (unpaired) electrons. The number of amides is 1. The van der Waals surface area contributed by atoms with E-state index in [2.05, 4.69) is 10.1 Å². The highest BCUT2D eigenvalue weighted by atomic mass is 19.4. The molecule has 4 rings (SSSR count). The Bertz CT molecular complexity index is 1010. The second-order valence-corrected chi connectivity index (χ2v) is 6.63. The average molecular weight is 403 g/mol. The SMILES string of the molecule is COc1ccc(N2C[C@@H](c3nc(-c4ccc(C(F)(F)F)cc4)no3)CC2=O)cc1. The second kappa shape index (κ2) is 7.23. The molecule has 0 N–H and O–H groups in total. The number of nitrogens with zero attached hydrogens (tertiary/aromatic N) is 3.